The van der Waals surface area contributed by atoms with E-state index in [4.69, 9.17) is 16.3 Å². The zero-order chi connectivity index (χ0) is 21.2. The Bertz CT molecular complexity index is 1000. The molecule has 0 saturated carbocycles. The number of anilines is 1. The van der Waals surface area contributed by atoms with Crippen LogP contribution in [0.5, 0.6) is 5.75 Å². The Morgan fingerprint density at radius 3 is 2.55 bits per heavy atom. The highest BCUT2D eigenvalue weighted by molar-refractivity contribution is 7.89. The summed E-state index contributed by atoms with van der Waals surface area (Å²) in [4.78, 5) is 12.9. The van der Waals surface area contributed by atoms with Crippen LogP contribution in [0.1, 0.15) is 24.0 Å². The van der Waals surface area contributed by atoms with Gasteiger partial charge in [-0.1, -0.05) is 29.8 Å². The highest BCUT2D eigenvalue weighted by atomic mass is 35.5. The standard InChI is InChI=1S/C21H25ClN2O4S/c1-14-6-4-7-15(2)20(14)23-21(25)16-8-5-11-24(13-16)29(26,27)19-12-17(22)9-10-18(19)28-3/h4,6-7,9-10,12,16H,5,8,11,13H2,1-3H3,(H,23,25)/t16-/m0/s1. The van der Waals surface area contributed by atoms with Gasteiger partial charge in [-0.3, -0.25) is 4.79 Å². The second-order valence-corrected chi connectivity index (χ2v) is 9.60. The van der Waals surface area contributed by atoms with Gasteiger partial charge in [0.1, 0.15) is 10.6 Å². The first-order valence-electron chi connectivity index (χ1n) is 9.45. The third kappa shape index (κ3) is 4.57. The van der Waals surface area contributed by atoms with E-state index in [-0.39, 0.29) is 23.1 Å². The van der Waals surface area contributed by atoms with Crippen molar-refractivity contribution in [3.8, 4) is 5.75 Å². The Morgan fingerprint density at radius 1 is 1.21 bits per heavy atom. The number of sulfonamides is 1. The molecule has 1 amide bonds. The van der Waals surface area contributed by atoms with Gasteiger partial charge in [-0.15, -0.1) is 0 Å². The minimum absolute atomic E-state index is 0.0170. The number of amides is 1. The molecule has 0 aliphatic carbocycles. The number of methoxy groups -OCH3 is 1. The molecule has 2 aromatic rings. The number of benzene rings is 2. The maximum atomic E-state index is 13.2. The second-order valence-electron chi connectivity index (χ2n) is 7.25. The van der Waals surface area contributed by atoms with Gasteiger partial charge in [-0.05, 0) is 56.0 Å². The second kappa shape index (κ2) is 8.73. The largest absolute Gasteiger partial charge is 0.495 e. The lowest BCUT2D eigenvalue weighted by Crippen LogP contribution is -2.43. The van der Waals surface area contributed by atoms with Crippen molar-refractivity contribution in [2.45, 2.75) is 31.6 Å². The molecule has 1 atom stereocenters. The van der Waals surface area contributed by atoms with Crippen LogP contribution < -0.4 is 10.1 Å². The quantitative estimate of drug-likeness (QED) is 0.768. The molecule has 1 saturated heterocycles. The molecule has 1 aliphatic rings. The van der Waals surface area contributed by atoms with E-state index in [0.717, 1.165) is 16.8 Å². The number of hydrogen-bond donors (Lipinski definition) is 1. The molecule has 1 fully saturated rings. The third-order valence-electron chi connectivity index (χ3n) is 5.23. The Hall–Kier alpha value is -2.09. The number of hydrogen-bond acceptors (Lipinski definition) is 4. The molecule has 0 unspecified atom stereocenters. The maximum Gasteiger partial charge on any atom is 0.246 e. The first-order chi connectivity index (χ1) is 13.7. The smallest absolute Gasteiger partial charge is 0.246 e. The van der Waals surface area contributed by atoms with Crippen molar-refractivity contribution in [1.29, 1.82) is 0 Å². The van der Waals surface area contributed by atoms with Gasteiger partial charge in [-0.2, -0.15) is 4.31 Å². The van der Waals surface area contributed by atoms with Crippen LogP contribution in [0.2, 0.25) is 5.02 Å². The zero-order valence-electron chi connectivity index (χ0n) is 16.7. The minimum Gasteiger partial charge on any atom is -0.495 e. The highest BCUT2D eigenvalue weighted by Crippen LogP contribution is 2.32. The number of carbonyl (C=O) groups excluding carboxylic acids is 1. The molecule has 0 radical (unpaired) electrons. The van der Waals surface area contributed by atoms with Crippen molar-refractivity contribution in [3.63, 3.8) is 0 Å². The molecule has 1 N–H and O–H groups in total. The van der Waals surface area contributed by atoms with Gasteiger partial charge >= 0.3 is 0 Å². The van der Waals surface area contributed by atoms with E-state index in [1.807, 2.05) is 32.0 Å². The topological polar surface area (TPSA) is 75.7 Å². The van der Waals surface area contributed by atoms with Crippen molar-refractivity contribution in [2.24, 2.45) is 5.92 Å². The molecule has 156 valence electrons. The highest BCUT2D eigenvalue weighted by Gasteiger charge is 2.35. The molecule has 0 spiro atoms. The summed E-state index contributed by atoms with van der Waals surface area (Å²) in [6, 6.07) is 10.3. The SMILES string of the molecule is COc1ccc(Cl)cc1S(=O)(=O)N1CCC[C@H](C(=O)Nc2c(C)cccc2C)C1. The number of piperidine rings is 1. The van der Waals surface area contributed by atoms with E-state index in [1.54, 1.807) is 6.07 Å². The number of halogens is 1. The molecular weight excluding hydrogens is 412 g/mol. The molecule has 3 rings (SSSR count). The summed E-state index contributed by atoms with van der Waals surface area (Å²) in [7, 11) is -2.42. The normalized spacial score (nSPS) is 17.7. The Labute approximate surface area is 176 Å². The molecular formula is C21H25ClN2O4S. The van der Waals surface area contributed by atoms with E-state index >= 15 is 0 Å². The maximum absolute atomic E-state index is 13.2. The van der Waals surface area contributed by atoms with E-state index in [2.05, 4.69) is 5.32 Å². The van der Waals surface area contributed by atoms with Crippen LogP contribution in [0.15, 0.2) is 41.3 Å². The summed E-state index contributed by atoms with van der Waals surface area (Å²) >= 11 is 6.02. The van der Waals surface area contributed by atoms with Crippen LogP contribution in [-0.2, 0) is 14.8 Å². The average molecular weight is 437 g/mol. The Balaban J connectivity index is 1.82. The number of ether oxygens (including phenoxy) is 1. The Kier molecular flexibility index (Phi) is 6.51. The summed E-state index contributed by atoms with van der Waals surface area (Å²) in [6.07, 6.45) is 1.24. The van der Waals surface area contributed by atoms with Crippen molar-refractivity contribution in [1.82, 2.24) is 4.31 Å². The third-order valence-corrected chi connectivity index (χ3v) is 7.35. The van der Waals surface area contributed by atoms with Crippen LogP contribution >= 0.6 is 11.6 Å². The van der Waals surface area contributed by atoms with Gasteiger partial charge < -0.3 is 10.1 Å². The number of carbonyl (C=O) groups is 1. The minimum atomic E-state index is -3.84. The van der Waals surface area contributed by atoms with Crippen molar-refractivity contribution >= 4 is 33.2 Å². The lowest BCUT2D eigenvalue weighted by Gasteiger charge is -2.31. The van der Waals surface area contributed by atoms with Crippen LogP contribution in [0.25, 0.3) is 0 Å². The molecule has 0 aromatic heterocycles. The fraction of sp³-hybridized carbons (Fsp3) is 0.381. The molecule has 29 heavy (non-hydrogen) atoms. The lowest BCUT2D eigenvalue weighted by atomic mass is 9.98. The molecule has 2 aromatic carbocycles. The van der Waals surface area contributed by atoms with E-state index in [9.17, 15) is 13.2 Å². The molecule has 8 heteroatoms. The van der Waals surface area contributed by atoms with Crippen LogP contribution in [-0.4, -0.2) is 38.8 Å². The summed E-state index contributed by atoms with van der Waals surface area (Å²) in [5, 5.41) is 3.30. The van der Waals surface area contributed by atoms with E-state index in [0.29, 0.717) is 24.4 Å². The van der Waals surface area contributed by atoms with Gasteiger partial charge in [-0.25, -0.2) is 8.42 Å². The monoisotopic (exact) mass is 436 g/mol. The number of para-hydroxylation sites is 1. The summed E-state index contributed by atoms with van der Waals surface area (Å²) in [6.45, 7) is 4.34. The molecule has 1 aliphatic heterocycles. The summed E-state index contributed by atoms with van der Waals surface area (Å²) < 4.78 is 33.0. The van der Waals surface area contributed by atoms with Crippen molar-refractivity contribution < 1.29 is 17.9 Å². The van der Waals surface area contributed by atoms with Gasteiger partial charge in [0.25, 0.3) is 0 Å². The lowest BCUT2D eigenvalue weighted by molar-refractivity contribution is -0.120. The van der Waals surface area contributed by atoms with Gasteiger partial charge in [0.2, 0.25) is 15.9 Å². The van der Waals surface area contributed by atoms with Gasteiger partial charge in [0.15, 0.2) is 0 Å². The first kappa shape index (κ1) is 21.6. The van der Waals surface area contributed by atoms with Crippen molar-refractivity contribution in [2.75, 3.05) is 25.5 Å². The molecule has 1 heterocycles. The Morgan fingerprint density at radius 2 is 1.90 bits per heavy atom. The fourth-order valence-corrected chi connectivity index (χ4v) is 5.54. The molecule has 6 nitrogen and oxygen atoms in total. The molecule has 0 bridgehead atoms. The van der Waals surface area contributed by atoms with Crippen molar-refractivity contribution in [3.05, 3.63) is 52.5 Å². The van der Waals surface area contributed by atoms with E-state index < -0.39 is 15.9 Å². The number of aryl methyl sites for hydroxylation is 2. The number of nitrogens with one attached hydrogen (secondary N) is 1. The number of rotatable bonds is 5. The first-order valence-corrected chi connectivity index (χ1v) is 11.3. The zero-order valence-corrected chi connectivity index (χ0v) is 18.3. The van der Waals surface area contributed by atoms with Crippen LogP contribution in [0, 0.1) is 19.8 Å². The predicted molar refractivity (Wildman–Crippen MR) is 114 cm³/mol. The van der Waals surface area contributed by atoms with Crippen LogP contribution in [0.4, 0.5) is 5.69 Å². The predicted octanol–water partition coefficient (Wildman–Crippen LogP) is 4.00. The van der Waals surface area contributed by atoms with Gasteiger partial charge in [0, 0.05) is 23.8 Å². The van der Waals surface area contributed by atoms with E-state index in [1.165, 1.54) is 23.5 Å². The van der Waals surface area contributed by atoms with Gasteiger partial charge in [0.05, 0.1) is 13.0 Å². The summed E-state index contributed by atoms with van der Waals surface area (Å²) in [5.74, 6) is -0.362. The van der Waals surface area contributed by atoms with Crippen LogP contribution in [0.3, 0.4) is 0 Å². The summed E-state index contributed by atoms with van der Waals surface area (Å²) in [5.41, 5.74) is 2.73. The fourth-order valence-electron chi connectivity index (χ4n) is 3.60. The average Bonchev–Trinajstić information content (AvgIpc) is 2.70. The number of nitrogens with zero attached hydrogens (tertiary/aromatic N) is 1.